The van der Waals surface area contributed by atoms with Crippen LogP contribution in [0.2, 0.25) is 0 Å². The van der Waals surface area contributed by atoms with Crippen LogP contribution in [0.1, 0.15) is 14.7 Å². The number of benzene rings is 2. The van der Waals surface area contributed by atoms with E-state index in [0.29, 0.717) is 16.3 Å². The minimum Gasteiger partial charge on any atom is -0.451 e. The Morgan fingerprint density at radius 3 is 2.36 bits per heavy atom. The van der Waals surface area contributed by atoms with Gasteiger partial charge in [0.1, 0.15) is 4.88 Å². The molecule has 0 saturated heterocycles. The second kappa shape index (κ2) is 7.72. The van der Waals surface area contributed by atoms with Gasteiger partial charge >= 0.3 is 5.97 Å². The quantitative estimate of drug-likeness (QED) is 0.707. The number of para-hydroxylation sites is 1. The number of anilines is 1. The van der Waals surface area contributed by atoms with E-state index in [1.807, 2.05) is 55.5 Å². The lowest BCUT2D eigenvalue weighted by Crippen LogP contribution is -2.20. The molecule has 0 spiro atoms. The molecule has 1 aromatic heterocycles. The van der Waals surface area contributed by atoms with E-state index in [9.17, 15) is 9.59 Å². The van der Waals surface area contributed by atoms with E-state index in [1.54, 1.807) is 12.1 Å². The van der Waals surface area contributed by atoms with Crippen LogP contribution in [-0.4, -0.2) is 23.5 Å². The lowest BCUT2D eigenvalue weighted by atomic mass is 10.1. The molecule has 25 heavy (non-hydrogen) atoms. The first-order valence-electron chi connectivity index (χ1n) is 7.68. The van der Waals surface area contributed by atoms with Crippen molar-refractivity contribution in [2.24, 2.45) is 0 Å². The molecule has 0 aliphatic rings. The average Bonchev–Trinajstić information content (AvgIpc) is 3.03. The molecule has 3 rings (SSSR count). The second-order valence-electron chi connectivity index (χ2n) is 5.27. The lowest BCUT2D eigenvalue weighted by Gasteiger charge is -2.06. The van der Waals surface area contributed by atoms with Crippen molar-refractivity contribution in [3.63, 3.8) is 0 Å². The van der Waals surface area contributed by atoms with Crippen LogP contribution in [0.25, 0.3) is 11.3 Å². The Morgan fingerprint density at radius 1 is 1.04 bits per heavy atom. The number of hydrogen-bond acceptors (Lipinski definition) is 5. The molecule has 1 heterocycles. The highest BCUT2D eigenvalue weighted by atomic mass is 32.1. The summed E-state index contributed by atoms with van der Waals surface area (Å²) in [5.74, 6) is -0.935. The summed E-state index contributed by atoms with van der Waals surface area (Å²) < 4.78 is 5.16. The Morgan fingerprint density at radius 2 is 1.68 bits per heavy atom. The zero-order valence-electron chi connectivity index (χ0n) is 13.6. The molecule has 0 aliphatic carbocycles. The first-order valence-corrected chi connectivity index (χ1v) is 8.50. The fourth-order valence-electron chi connectivity index (χ4n) is 2.27. The molecule has 0 saturated carbocycles. The standard InChI is InChI=1S/C19H16N2O3S/c1-13-20-17(14-8-4-2-5-9-14)18(25-13)19(23)24-12-16(22)21-15-10-6-3-7-11-15/h2-11H,12H2,1H3,(H,21,22). The van der Waals surface area contributed by atoms with Gasteiger partial charge in [0.2, 0.25) is 0 Å². The molecule has 1 amide bonds. The number of carbonyl (C=O) groups is 2. The fraction of sp³-hybridized carbons (Fsp3) is 0.105. The Balaban J connectivity index is 1.67. The SMILES string of the molecule is Cc1nc(-c2ccccc2)c(C(=O)OCC(=O)Nc2ccccc2)s1. The van der Waals surface area contributed by atoms with Gasteiger partial charge in [0, 0.05) is 11.3 Å². The van der Waals surface area contributed by atoms with Gasteiger partial charge in [-0.15, -0.1) is 11.3 Å². The van der Waals surface area contributed by atoms with Crippen LogP contribution in [0.3, 0.4) is 0 Å². The summed E-state index contributed by atoms with van der Waals surface area (Å²) in [4.78, 5) is 29.1. The molecule has 5 nitrogen and oxygen atoms in total. The number of nitrogens with one attached hydrogen (secondary N) is 1. The molecular formula is C19H16N2O3S. The molecule has 2 aromatic carbocycles. The predicted molar refractivity (Wildman–Crippen MR) is 97.6 cm³/mol. The van der Waals surface area contributed by atoms with Crippen molar-refractivity contribution >= 4 is 28.9 Å². The monoisotopic (exact) mass is 352 g/mol. The molecule has 1 N–H and O–H groups in total. The third-order valence-corrected chi connectivity index (χ3v) is 4.31. The van der Waals surface area contributed by atoms with E-state index in [-0.39, 0.29) is 12.5 Å². The Bertz CT molecular complexity index is 876. The first-order chi connectivity index (χ1) is 12.1. The summed E-state index contributed by atoms with van der Waals surface area (Å²) in [5.41, 5.74) is 2.08. The van der Waals surface area contributed by atoms with Gasteiger partial charge in [-0.25, -0.2) is 9.78 Å². The van der Waals surface area contributed by atoms with Gasteiger partial charge in [-0.05, 0) is 19.1 Å². The number of aromatic nitrogens is 1. The van der Waals surface area contributed by atoms with Crippen molar-refractivity contribution in [3.05, 3.63) is 70.5 Å². The number of hydrogen-bond donors (Lipinski definition) is 1. The smallest absolute Gasteiger partial charge is 0.351 e. The number of amides is 1. The Labute approximate surface area is 149 Å². The van der Waals surface area contributed by atoms with E-state index in [0.717, 1.165) is 10.6 Å². The third-order valence-electron chi connectivity index (χ3n) is 3.36. The largest absolute Gasteiger partial charge is 0.451 e. The minimum absolute atomic E-state index is 0.348. The van der Waals surface area contributed by atoms with Gasteiger partial charge in [0.25, 0.3) is 5.91 Å². The molecule has 0 bridgehead atoms. The average molecular weight is 352 g/mol. The number of carbonyl (C=O) groups excluding carboxylic acids is 2. The van der Waals surface area contributed by atoms with E-state index in [2.05, 4.69) is 10.3 Å². The third kappa shape index (κ3) is 4.30. The highest BCUT2D eigenvalue weighted by Crippen LogP contribution is 2.28. The molecule has 6 heteroatoms. The number of esters is 1. The zero-order valence-corrected chi connectivity index (χ0v) is 14.4. The maximum Gasteiger partial charge on any atom is 0.351 e. The summed E-state index contributed by atoms with van der Waals surface area (Å²) in [6.45, 7) is 1.48. The molecule has 3 aromatic rings. The Kier molecular flexibility index (Phi) is 5.20. The van der Waals surface area contributed by atoms with Crippen molar-refractivity contribution in [1.29, 1.82) is 0 Å². The number of aryl methyl sites for hydroxylation is 1. The summed E-state index contributed by atoms with van der Waals surface area (Å²) in [6, 6.07) is 18.4. The summed E-state index contributed by atoms with van der Waals surface area (Å²) in [6.07, 6.45) is 0. The zero-order chi connectivity index (χ0) is 17.6. The van der Waals surface area contributed by atoms with Crippen LogP contribution in [-0.2, 0) is 9.53 Å². The molecule has 0 aliphatic heterocycles. The van der Waals surface area contributed by atoms with E-state index < -0.39 is 5.97 Å². The van der Waals surface area contributed by atoms with Crippen LogP contribution in [0.4, 0.5) is 5.69 Å². The topological polar surface area (TPSA) is 68.3 Å². The fourth-order valence-corrected chi connectivity index (χ4v) is 3.11. The predicted octanol–water partition coefficient (Wildman–Crippen LogP) is 3.91. The van der Waals surface area contributed by atoms with Gasteiger partial charge in [-0.3, -0.25) is 4.79 Å². The van der Waals surface area contributed by atoms with Crippen LogP contribution in [0.15, 0.2) is 60.7 Å². The summed E-state index contributed by atoms with van der Waals surface area (Å²) in [5, 5.41) is 3.44. The maximum absolute atomic E-state index is 12.4. The lowest BCUT2D eigenvalue weighted by molar-refractivity contribution is -0.119. The van der Waals surface area contributed by atoms with Crippen molar-refractivity contribution in [3.8, 4) is 11.3 Å². The van der Waals surface area contributed by atoms with Gasteiger partial charge < -0.3 is 10.1 Å². The van der Waals surface area contributed by atoms with Crippen LogP contribution in [0.5, 0.6) is 0 Å². The molecule has 0 fully saturated rings. The normalized spacial score (nSPS) is 10.3. The van der Waals surface area contributed by atoms with Gasteiger partial charge in [-0.2, -0.15) is 0 Å². The van der Waals surface area contributed by atoms with Crippen LogP contribution >= 0.6 is 11.3 Å². The highest BCUT2D eigenvalue weighted by Gasteiger charge is 2.20. The molecule has 0 unspecified atom stereocenters. The van der Waals surface area contributed by atoms with Crippen molar-refractivity contribution < 1.29 is 14.3 Å². The molecular weight excluding hydrogens is 336 g/mol. The van der Waals surface area contributed by atoms with Gasteiger partial charge in [0.05, 0.1) is 10.7 Å². The molecule has 0 atom stereocenters. The molecule has 0 radical (unpaired) electrons. The molecule has 126 valence electrons. The van der Waals surface area contributed by atoms with Crippen molar-refractivity contribution in [1.82, 2.24) is 4.98 Å². The maximum atomic E-state index is 12.4. The van der Waals surface area contributed by atoms with E-state index in [1.165, 1.54) is 11.3 Å². The number of thiazole rings is 1. The van der Waals surface area contributed by atoms with E-state index in [4.69, 9.17) is 4.74 Å². The number of rotatable bonds is 5. The Hall–Kier alpha value is -2.99. The highest BCUT2D eigenvalue weighted by molar-refractivity contribution is 7.14. The number of nitrogens with zero attached hydrogens (tertiary/aromatic N) is 1. The van der Waals surface area contributed by atoms with Gasteiger partial charge in [-0.1, -0.05) is 48.5 Å². The van der Waals surface area contributed by atoms with Crippen molar-refractivity contribution in [2.75, 3.05) is 11.9 Å². The van der Waals surface area contributed by atoms with E-state index >= 15 is 0 Å². The summed E-state index contributed by atoms with van der Waals surface area (Å²) in [7, 11) is 0. The van der Waals surface area contributed by atoms with Gasteiger partial charge in [0.15, 0.2) is 6.61 Å². The van der Waals surface area contributed by atoms with Crippen molar-refractivity contribution in [2.45, 2.75) is 6.92 Å². The summed E-state index contributed by atoms with van der Waals surface area (Å²) >= 11 is 1.26. The minimum atomic E-state index is -0.548. The first kappa shape index (κ1) is 16.9. The number of ether oxygens (including phenoxy) is 1. The van der Waals surface area contributed by atoms with Crippen LogP contribution in [0, 0.1) is 6.92 Å². The second-order valence-corrected chi connectivity index (χ2v) is 6.47. The van der Waals surface area contributed by atoms with Crippen LogP contribution < -0.4 is 5.32 Å².